The van der Waals surface area contributed by atoms with Gasteiger partial charge in [-0.15, -0.1) is 0 Å². The van der Waals surface area contributed by atoms with E-state index in [0.29, 0.717) is 36.8 Å². The van der Waals surface area contributed by atoms with Crippen LogP contribution in [0.25, 0.3) is 0 Å². The highest BCUT2D eigenvalue weighted by Gasteiger charge is 2.29. The van der Waals surface area contributed by atoms with Gasteiger partial charge in [0.05, 0.1) is 30.3 Å². The number of nitrogens with zero attached hydrogens (tertiary/aromatic N) is 5. The summed E-state index contributed by atoms with van der Waals surface area (Å²) in [6, 6.07) is 6.31. The summed E-state index contributed by atoms with van der Waals surface area (Å²) in [5.74, 6) is 0.956. The Balaban J connectivity index is 1.60. The van der Waals surface area contributed by atoms with Crippen molar-refractivity contribution in [2.45, 2.75) is 18.9 Å². The number of benzene rings is 1. The third-order valence-electron chi connectivity index (χ3n) is 4.37. The zero-order valence-corrected chi connectivity index (χ0v) is 15.2. The predicted octanol–water partition coefficient (Wildman–Crippen LogP) is 1.67. The normalized spacial score (nSPS) is 16.2. The van der Waals surface area contributed by atoms with Crippen molar-refractivity contribution < 1.29 is 14.5 Å². The average Bonchev–Trinajstić information content (AvgIpc) is 3.11. The van der Waals surface area contributed by atoms with E-state index in [2.05, 4.69) is 9.97 Å². The van der Waals surface area contributed by atoms with Crippen LogP contribution < -0.4 is 9.64 Å². The summed E-state index contributed by atoms with van der Waals surface area (Å²) in [5, 5.41) is 11.1. The Kier molecular flexibility index (Phi) is 5.49. The lowest BCUT2D eigenvalue weighted by atomic mass is 10.1. The summed E-state index contributed by atoms with van der Waals surface area (Å²) in [5.41, 5.74) is 0.384. The van der Waals surface area contributed by atoms with Crippen molar-refractivity contribution in [2.75, 3.05) is 32.1 Å². The summed E-state index contributed by atoms with van der Waals surface area (Å²) < 4.78 is 5.86. The third kappa shape index (κ3) is 4.49. The number of carbonyl (C=O) groups excluding carboxylic acids is 1. The van der Waals surface area contributed by atoms with E-state index in [4.69, 9.17) is 4.74 Å². The zero-order valence-electron chi connectivity index (χ0n) is 15.2. The van der Waals surface area contributed by atoms with Crippen LogP contribution in [0.4, 0.5) is 11.5 Å². The first-order chi connectivity index (χ1) is 12.9. The number of hydrogen-bond donors (Lipinski definition) is 0. The summed E-state index contributed by atoms with van der Waals surface area (Å²) >= 11 is 0. The summed E-state index contributed by atoms with van der Waals surface area (Å²) in [6.07, 6.45) is 3.69. The second kappa shape index (κ2) is 7.98. The number of carbonyl (C=O) groups is 1. The number of para-hydroxylation sites is 1. The molecule has 9 nitrogen and oxygen atoms in total. The molecular formula is C18H21N5O4. The lowest BCUT2D eigenvalue weighted by Gasteiger charge is -2.17. The van der Waals surface area contributed by atoms with Crippen LogP contribution >= 0.6 is 0 Å². The molecule has 1 unspecified atom stereocenters. The number of likely N-dealkylation sites (tertiary alicyclic amines) is 1. The molecule has 1 saturated heterocycles. The third-order valence-corrected chi connectivity index (χ3v) is 4.37. The van der Waals surface area contributed by atoms with Crippen molar-refractivity contribution in [3.05, 3.63) is 52.3 Å². The molecule has 2 heterocycles. The maximum Gasteiger partial charge on any atom is 0.273 e. The van der Waals surface area contributed by atoms with Crippen molar-refractivity contribution in [1.29, 1.82) is 0 Å². The van der Waals surface area contributed by atoms with Crippen LogP contribution in [0.5, 0.6) is 5.88 Å². The molecule has 9 heteroatoms. The minimum Gasteiger partial charge on any atom is -0.471 e. The smallest absolute Gasteiger partial charge is 0.273 e. The quantitative estimate of drug-likeness (QED) is 0.562. The molecule has 1 aliphatic heterocycles. The second-order valence-corrected chi connectivity index (χ2v) is 6.54. The standard InChI is InChI=1S/C18H21N5O4/c1-21(2)16-10-19-11-17(20-16)27-14-7-8-22(12-14)18(24)9-13-5-3-4-6-15(13)23(25)26/h3-6,10-11,14H,7-9,12H2,1-2H3. The average molecular weight is 371 g/mol. The maximum absolute atomic E-state index is 12.5. The van der Waals surface area contributed by atoms with Gasteiger partial charge in [0.25, 0.3) is 5.69 Å². The summed E-state index contributed by atoms with van der Waals surface area (Å²) in [6.45, 7) is 0.971. The van der Waals surface area contributed by atoms with Crippen molar-refractivity contribution >= 4 is 17.4 Å². The predicted molar refractivity (Wildman–Crippen MR) is 98.8 cm³/mol. The number of hydrogen-bond acceptors (Lipinski definition) is 7. The molecule has 0 aliphatic carbocycles. The van der Waals surface area contributed by atoms with Crippen LogP contribution in [0, 0.1) is 10.1 Å². The second-order valence-electron chi connectivity index (χ2n) is 6.54. The van der Waals surface area contributed by atoms with Gasteiger partial charge >= 0.3 is 0 Å². The number of amides is 1. The van der Waals surface area contributed by atoms with Crippen molar-refractivity contribution in [2.24, 2.45) is 0 Å². The first-order valence-corrected chi connectivity index (χ1v) is 8.60. The highest BCUT2D eigenvalue weighted by molar-refractivity contribution is 5.80. The van der Waals surface area contributed by atoms with Crippen molar-refractivity contribution in [3.8, 4) is 5.88 Å². The van der Waals surface area contributed by atoms with Crippen LogP contribution in [0.2, 0.25) is 0 Å². The van der Waals surface area contributed by atoms with Crippen LogP contribution in [-0.2, 0) is 11.2 Å². The number of ether oxygens (including phenoxy) is 1. The van der Waals surface area contributed by atoms with E-state index in [9.17, 15) is 14.9 Å². The topological polar surface area (TPSA) is 102 Å². The van der Waals surface area contributed by atoms with E-state index in [0.717, 1.165) is 0 Å². The number of nitro benzene ring substituents is 1. The molecule has 1 atom stereocenters. The molecule has 3 rings (SSSR count). The van der Waals surface area contributed by atoms with Gasteiger partial charge in [0.15, 0.2) is 5.82 Å². The van der Waals surface area contributed by atoms with Gasteiger partial charge in [-0.2, -0.15) is 4.98 Å². The fraction of sp³-hybridized carbons (Fsp3) is 0.389. The summed E-state index contributed by atoms with van der Waals surface area (Å²) in [7, 11) is 3.74. The zero-order chi connectivity index (χ0) is 19.4. The Bertz CT molecular complexity index is 842. The molecule has 27 heavy (non-hydrogen) atoms. The van der Waals surface area contributed by atoms with Crippen LogP contribution in [0.15, 0.2) is 36.7 Å². The largest absolute Gasteiger partial charge is 0.471 e. The lowest BCUT2D eigenvalue weighted by Crippen LogP contribution is -2.32. The van der Waals surface area contributed by atoms with E-state index in [1.807, 2.05) is 19.0 Å². The van der Waals surface area contributed by atoms with Crippen molar-refractivity contribution in [3.63, 3.8) is 0 Å². The molecule has 0 spiro atoms. The fourth-order valence-corrected chi connectivity index (χ4v) is 2.95. The van der Waals surface area contributed by atoms with Gasteiger partial charge in [-0.05, 0) is 0 Å². The van der Waals surface area contributed by atoms with E-state index < -0.39 is 4.92 Å². The number of nitro groups is 1. The highest BCUT2D eigenvalue weighted by atomic mass is 16.6. The Labute approximate surface area is 156 Å². The Morgan fingerprint density at radius 2 is 2.15 bits per heavy atom. The molecule has 142 valence electrons. The van der Waals surface area contributed by atoms with Crippen LogP contribution in [0.3, 0.4) is 0 Å². The molecule has 0 bridgehead atoms. The van der Waals surface area contributed by atoms with Crippen molar-refractivity contribution in [1.82, 2.24) is 14.9 Å². The number of anilines is 1. The lowest BCUT2D eigenvalue weighted by molar-refractivity contribution is -0.385. The summed E-state index contributed by atoms with van der Waals surface area (Å²) in [4.78, 5) is 35.2. The maximum atomic E-state index is 12.5. The molecule has 0 radical (unpaired) electrons. The SMILES string of the molecule is CN(C)c1cncc(OC2CCN(C(=O)Cc3ccccc3[N+](=O)[O-])C2)n1. The molecule has 0 saturated carbocycles. The van der Waals surface area contributed by atoms with Crippen LogP contribution in [-0.4, -0.2) is 59.0 Å². The van der Waals surface area contributed by atoms with E-state index >= 15 is 0 Å². The molecule has 1 aliphatic rings. The molecule has 1 fully saturated rings. The van der Waals surface area contributed by atoms with Gasteiger partial charge in [-0.3, -0.25) is 19.9 Å². The van der Waals surface area contributed by atoms with E-state index in [1.54, 1.807) is 35.5 Å². The van der Waals surface area contributed by atoms with Crippen LogP contribution in [0.1, 0.15) is 12.0 Å². The molecular weight excluding hydrogens is 350 g/mol. The monoisotopic (exact) mass is 371 g/mol. The molecule has 1 amide bonds. The van der Waals surface area contributed by atoms with Gasteiger partial charge in [-0.1, -0.05) is 18.2 Å². The number of rotatable bonds is 6. The Hall–Kier alpha value is -3.23. The minimum absolute atomic E-state index is 0.000205. The molecule has 1 aromatic heterocycles. The Morgan fingerprint density at radius 1 is 1.37 bits per heavy atom. The van der Waals surface area contributed by atoms with Gasteiger partial charge in [0, 0.05) is 38.7 Å². The van der Waals surface area contributed by atoms with E-state index in [1.165, 1.54) is 6.07 Å². The minimum atomic E-state index is -0.463. The van der Waals surface area contributed by atoms with Gasteiger partial charge < -0.3 is 14.5 Å². The fourth-order valence-electron chi connectivity index (χ4n) is 2.95. The van der Waals surface area contributed by atoms with Gasteiger partial charge in [-0.25, -0.2) is 0 Å². The van der Waals surface area contributed by atoms with Gasteiger partial charge in [0.2, 0.25) is 11.8 Å². The first kappa shape index (κ1) is 18.6. The molecule has 1 aromatic carbocycles. The highest BCUT2D eigenvalue weighted by Crippen LogP contribution is 2.22. The Morgan fingerprint density at radius 3 is 2.89 bits per heavy atom. The molecule has 0 N–H and O–H groups in total. The van der Waals surface area contributed by atoms with E-state index in [-0.39, 0.29) is 24.1 Å². The van der Waals surface area contributed by atoms with Gasteiger partial charge in [0.1, 0.15) is 6.10 Å². The first-order valence-electron chi connectivity index (χ1n) is 8.60. The number of aromatic nitrogens is 2. The molecule has 2 aromatic rings.